The van der Waals surface area contributed by atoms with Crippen LogP contribution < -0.4 is 15.8 Å². The van der Waals surface area contributed by atoms with Gasteiger partial charge < -0.3 is 29.2 Å². The van der Waals surface area contributed by atoms with E-state index < -0.39 is 17.7 Å². The lowest BCUT2D eigenvalue weighted by Crippen LogP contribution is -2.49. The Balaban J connectivity index is 1.65. The van der Waals surface area contributed by atoms with Crippen molar-refractivity contribution in [2.45, 2.75) is 51.8 Å². The number of carbonyl (C=O) groups excluding carboxylic acids is 1. The minimum Gasteiger partial charge on any atom is -0.478 e. The first-order chi connectivity index (χ1) is 18.9. The molecule has 1 amide bonds. The number of carboxylic acids is 1. The molecule has 0 bridgehead atoms. The van der Waals surface area contributed by atoms with Crippen LogP contribution >= 0.6 is 11.6 Å². The molecule has 210 valence electrons. The van der Waals surface area contributed by atoms with Crippen LogP contribution in [0.4, 0.5) is 10.7 Å². The normalized spacial score (nSPS) is 15.9. The molecule has 4 aromatic rings. The fourth-order valence-corrected chi connectivity index (χ4v) is 5.40. The van der Waals surface area contributed by atoms with Crippen molar-refractivity contribution in [3.05, 3.63) is 69.0 Å². The molecule has 2 aromatic carbocycles. The number of carbonyl (C=O) groups is 2. The average Bonchev–Trinajstić information content (AvgIpc) is 3.26. The molecule has 5 rings (SSSR count). The number of alkyl carbamates (subject to hydrolysis) is 1. The summed E-state index contributed by atoms with van der Waals surface area (Å²) in [6, 6.07) is 11.9. The maximum atomic E-state index is 13.8. The molecule has 0 radical (unpaired) electrons. The van der Waals surface area contributed by atoms with E-state index in [1.807, 2.05) is 43.5 Å². The minimum atomic E-state index is -1.06. The minimum absolute atomic E-state index is 0.106. The van der Waals surface area contributed by atoms with Crippen LogP contribution in [0.3, 0.4) is 0 Å². The van der Waals surface area contributed by atoms with Crippen molar-refractivity contribution in [3.63, 3.8) is 0 Å². The second-order valence-electron chi connectivity index (χ2n) is 11.1. The molecule has 0 saturated carbocycles. The van der Waals surface area contributed by atoms with Gasteiger partial charge in [0.2, 0.25) is 5.95 Å². The van der Waals surface area contributed by atoms with Gasteiger partial charge in [0.05, 0.1) is 17.6 Å². The third-order valence-corrected chi connectivity index (χ3v) is 7.39. The van der Waals surface area contributed by atoms with E-state index in [9.17, 15) is 19.5 Å². The first kappa shape index (κ1) is 27.5. The number of hydrogen-bond acceptors (Lipinski definition) is 6. The van der Waals surface area contributed by atoms with Crippen molar-refractivity contribution in [1.29, 1.82) is 0 Å². The van der Waals surface area contributed by atoms with E-state index in [1.165, 1.54) is 10.6 Å². The lowest BCUT2D eigenvalue weighted by molar-refractivity contribution is 0.0499. The average molecular weight is 566 g/mol. The van der Waals surface area contributed by atoms with E-state index in [0.29, 0.717) is 46.0 Å². The highest BCUT2D eigenvalue weighted by atomic mass is 35.5. The maximum Gasteiger partial charge on any atom is 0.407 e. The van der Waals surface area contributed by atoms with Gasteiger partial charge in [-0.25, -0.2) is 14.6 Å². The summed E-state index contributed by atoms with van der Waals surface area (Å²) in [6.07, 6.45) is 1.08. The van der Waals surface area contributed by atoms with Gasteiger partial charge in [-0.2, -0.15) is 0 Å². The Morgan fingerprint density at radius 1 is 1.20 bits per heavy atom. The molecule has 11 heteroatoms. The van der Waals surface area contributed by atoms with Crippen LogP contribution in [0.2, 0.25) is 5.02 Å². The molecule has 40 heavy (non-hydrogen) atoms. The number of aromatic nitrogens is 3. The molecule has 3 heterocycles. The predicted molar refractivity (Wildman–Crippen MR) is 155 cm³/mol. The summed E-state index contributed by atoms with van der Waals surface area (Å²) in [5.74, 6) is -0.511. The lowest BCUT2D eigenvalue weighted by Gasteiger charge is -2.34. The van der Waals surface area contributed by atoms with Gasteiger partial charge in [-0.1, -0.05) is 29.8 Å². The number of anilines is 1. The quantitative estimate of drug-likeness (QED) is 0.357. The Labute approximate surface area is 236 Å². The van der Waals surface area contributed by atoms with Crippen molar-refractivity contribution >= 4 is 51.5 Å². The van der Waals surface area contributed by atoms with E-state index in [0.717, 1.165) is 18.4 Å². The van der Waals surface area contributed by atoms with E-state index in [4.69, 9.17) is 21.3 Å². The Morgan fingerprint density at radius 3 is 2.65 bits per heavy atom. The van der Waals surface area contributed by atoms with Crippen molar-refractivity contribution < 1.29 is 19.4 Å². The number of carboxylic acid groups (broad SMARTS) is 1. The fraction of sp³-hybridized carbons (Fsp3) is 0.379. The van der Waals surface area contributed by atoms with Crippen molar-refractivity contribution in [3.8, 4) is 0 Å². The van der Waals surface area contributed by atoms with Crippen LogP contribution in [0, 0.1) is 0 Å². The SMILES string of the molecule is Cn1c(=O)c2c(nc(N3CCCC(NC(=O)OC(C)(C)C)C3)n2Cc2ccccc2Cl)c2cc(C(=O)O)ccc21. The fourth-order valence-electron chi connectivity index (χ4n) is 5.20. The molecule has 0 aliphatic carbocycles. The zero-order valence-electron chi connectivity index (χ0n) is 22.9. The number of hydrogen-bond donors (Lipinski definition) is 2. The maximum absolute atomic E-state index is 13.8. The number of halogens is 1. The lowest BCUT2D eigenvalue weighted by atomic mass is 10.1. The zero-order chi connectivity index (χ0) is 28.8. The van der Waals surface area contributed by atoms with Crippen molar-refractivity contribution in [2.75, 3.05) is 18.0 Å². The number of aryl methyl sites for hydroxylation is 1. The first-order valence-corrected chi connectivity index (χ1v) is 13.5. The number of pyridine rings is 1. The Morgan fingerprint density at radius 2 is 1.95 bits per heavy atom. The van der Waals surface area contributed by atoms with Gasteiger partial charge in [0.25, 0.3) is 5.56 Å². The monoisotopic (exact) mass is 565 g/mol. The molecule has 1 fully saturated rings. The van der Waals surface area contributed by atoms with E-state index >= 15 is 0 Å². The number of rotatable bonds is 5. The third kappa shape index (κ3) is 5.36. The highest BCUT2D eigenvalue weighted by Gasteiger charge is 2.29. The van der Waals surface area contributed by atoms with Crippen molar-refractivity contribution in [1.82, 2.24) is 19.4 Å². The number of piperidine rings is 1. The van der Waals surface area contributed by atoms with E-state index in [1.54, 1.807) is 25.2 Å². The molecule has 1 aliphatic rings. The predicted octanol–water partition coefficient (Wildman–Crippen LogP) is 4.78. The largest absolute Gasteiger partial charge is 0.478 e. The van der Waals surface area contributed by atoms with E-state index in [-0.39, 0.29) is 23.7 Å². The van der Waals surface area contributed by atoms with Crippen LogP contribution in [0.15, 0.2) is 47.3 Å². The topological polar surface area (TPSA) is 119 Å². The summed E-state index contributed by atoms with van der Waals surface area (Å²) in [5, 5.41) is 13.7. The highest BCUT2D eigenvalue weighted by Crippen LogP contribution is 2.31. The Hall–Kier alpha value is -4.05. The summed E-state index contributed by atoms with van der Waals surface area (Å²) in [5.41, 5.74) is 1.41. The molecule has 1 atom stereocenters. The number of imidazole rings is 1. The van der Waals surface area contributed by atoms with Gasteiger partial charge in [0.15, 0.2) is 0 Å². The van der Waals surface area contributed by atoms with Crippen LogP contribution in [0.5, 0.6) is 0 Å². The van der Waals surface area contributed by atoms with Gasteiger partial charge >= 0.3 is 12.1 Å². The summed E-state index contributed by atoms with van der Waals surface area (Å²) in [6.45, 7) is 6.86. The molecule has 2 aromatic heterocycles. The standard InChI is InChI=1S/C29H32ClN5O5/c1-29(2,3)40-28(39)31-19-9-7-13-34(16-19)27-32-23-20-14-17(26(37)38)11-12-22(20)33(4)25(36)24(23)35(27)15-18-8-5-6-10-21(18)30/h5-6,8,10-12,14,19H,7,9,13,15-16H2,1-4H3,(H,31,39)(H,37,38). The van der Waals surface area contributed by atoms with Crippen LogP contribution in [0.25, 0.3) is 21.9 Å². The molecule has 2 N–H and O–H groups in total. The summed E-state index contributed by atoms with van der Waals surface area (Å²) in [4.78, 5) is 45.0. The summed E-state index contributed by atoms with van der Waals surface area (Å²) >= 11 is 6.53. The zero-order valence-corrected chi connectivity index (χ0v) is 23.7. The number of ether oxygens (including phenoxy) is 1. The Kier molecular flexibility index (Phi) is 7.22. The number of fused-ring (bicyclic) bond motifs is 3. The first-order valence-electron chi connectivity index (χ1n) is 13.2. The second kappa shape index (κ2) is 10.5. The number of nitrogens with zero attached hydrogens (tertiary/aromatic N) is 4. The van der Waals surface area contributed by atoms with Gasteiger partial charge in [-0.15, -0.1) is 0 Å². The molecule has 10 nitrogen and oxygen atoms in total. The van der Waals surface area contributed by atoms with Crippen LogP contribution in [-0.4, -0.2) is 56.0 Å². The number of nitrogens with one attached hydrogen (secondary N) is 1. The molecule has 0 spiro atoms. The molecule has 1 unspecified atom stereocenters. The number of amides is 1. The molecule has 1 saturated heterocycles. The van der Waals surface area contributed by atoms with Crippen LogP contribution in [-0.2, 0) is 18.3 Å². The smallest absolute Gasteiger partial charge is 0.407 e. The van der Waals surface area contributed by atoms with Crippen molar-refractivity contribution in [2.24, 2.45) is 7.05 Å². The highest BCUT2D eigenvalue weighted by molar-refractivity contribution is 6.31. The number of aromatic carboxylic acids is 1. The van der Waals surface area contributed by atoms with Crippen LogP contribution in [0.1, 0.15) is 49.5 Å². The summed E-state index contributed by atoms with van der Waals surface area (Å²) < 4.78 is 8.82. The number of benzene rings is 2. The molecular weight excluding hydrogens is 534 g/mol. The van der Waals surface area contributed by atoms with E-state index in [2.05, 4.69) is 10.2 Å². The van der Waals surface area contributed by atoms with Gasteiger partial charge in [-0.05, 0) is 63.4 Å². The molecule has 1 aliphatic heterocycles. The molecular formula is C29H32ClN5O5. The third-order valence-electron chi connectivity index (χ3n) is 7.03. The van der Waals surface area contributed by atoms with Gasteiger partial charge in [-0.3, -0.25) is 4.79 Å². The summed E-state index contributed by atoms with van der Waals surface area (Å²) in [7, 11) is 1.67. The van der Waals surface area contributed by atoms with Gasteiger partial charge in [0.1, 0.15) is 16.6 Å². The Bertz CT molecular complexity index is 1690. The van der Waals surface area contributed by atoms with Gasteiger partial charge in [0, 0.05) is 36.6 Å². The second-order valence-corrected chi connectivity index (χ2v) is 11.5.